The Hall–Kier alpha value is -1.69. The summed E-state index contributed by atoms with van der Waals surface area (Å²) in [5, 5.41) is 10.3. The normalized spacial score (nSPS) is 10.3. The van der Waals surface area contributed by atoms with Gasteiger partial charge in [-0.2, -0.15) is 0 Å². The number of imidazole rings is 1. The van der Waals surface area contributed by atoms with Crippen molar-refractivity contribution in [2.24, 2.45) is 0 Å². The van der Waals surface area contributed by atoms with Crippen molar-refractivity contribution in [3.8, 4) is 0 Å². The van der Waals surface area contributed by atoms with Gasteiger partial charge >= 0.3 is 0 Å². The first-order valence-electron chi connectivity index (χ1n) is 2.94. The molecule has 0 saturated heterocycles. The molecule has 2 heterocycles. The Labute approximate surface area is 61.3 Å². The number of hydrogen-bond donors (Lipinski definition) is 2. The predicted octanol–water partition coefficient (Wildman–Crippen LogP) is 0.263. The van der Waals surface area contributed by atoms with E-state index in [4.69, 9.17) is 0 Å². The van der Waals surface area contributed by atoms with Crippen LogP contribution in [0.5, 0.6) is 0 Å². The third-order valence-corrected chi connectivity index (χ3v) is 1.32. The summed E-state index contributed by atoms with van der Waals surface area (Å²) in [6, 6.07) is 0. The average molecular weight is 150 g/mol. The van der Waals surface area contributed by atoms with Crippen molar-refractivity contribution < 1.29 is 0 Å². The Morgan fingerprint density at radius 3 is 3.09 bits per heavy atom. The van der Waals surface area contributed by atoms with E-state index in [0.717, 1.165) is 0 Å². The van der Waals surface area contributed by atoms with Crippen molar-refractivity contribution in [1.29, 1.82) is 0 Å². The van der Waals surface area contributed by atoms with E-state index in [1.165, 1.54) is 12.7 Å². The van der Waals surface area contributed by atoms with Crippen LogP contribution < -0.4 is 5.48 Å². The molecule has 11 heavy (non-hydrogen) atoms. The molecule has 2 aromatic heterocycles. The van der Waals surface area contributed by atoms with Gasteiger partial charge in [-0.05, 0) is 0 Å². The van der Waals surface area contributed by atoms with Gasteiger partial charge in [-0.3, -0.25) is 0 Å². The van der Waals surface area contributed by atoms with Gasteiger partial charge in [0.15, 0.2) is 5.65 Å². The fourth-order valence-electron chi connectivity index (χ4n) is 0.842. The van der Waals surface area contributed by atoms with Gasteiger partial charge in [-0.15, -0.1) is 0 Å². The molecule has 2 rings (SSSR count). The van der Waals surface area contributed by atoms with Gasteiger partial charge in [-0.25, -0.2) is 15.0 Å². The first kappa shape index (κ1) is 6.05. The third-order valence-electron chi connectivity index (χ3n) is 1.32. The summed E-state index contributed by atoms with van der Waals surface area (Å²) in [7, 11) is 0. The van der Waals surface area contributed by atoms with Crippen molar-refractivity contribution in [3.05, 3.63) is 17.9 Å². The largest absolute Gasteiger partial charge is 0.760 e. The van der Waals surface area contributed by atoms with E-state index in [0.29, 0.717) is 11.2 Å². The summed E-state index contributed by atoms with van der Waals surface area (Å²) in [6.07, 6.45) is 2.74. The van der Waals surface area contributed by atoms with Crippen LogP contribution in [0, 0.1) is 5.21 Å². The standard InChI is InChI=1S/C5H4N5O/c11-10-5-3-4(7-1-6-3)8-2-9-5/h1-2H,(H2-,6,7,8,9,10,11)/q-1. The highest BCUT2D eigenvalue weighted by Gasteiger charge is 2.00. The van der Waals surface area contributed by atoms with Crippen LogP contribution in [0.1, 0.15) is 0 Å². The first-order valence-corrected chi connectivity index (χ1v) is 2.94. The lowest BCUT2D eigenvalue weighted by Crippen LogP contribution is -1.91. The van der Waals surface area contributed by atoms with Gasteiger partial charge in [0.25, 0.3) is 0 Å². The van der Waals surface area contributed by atoms with Gasteiger partial charge in [0.05, 0.1) is 6.33 Å². The molecule has 0 saturated carbocycles. The molecule has 6 heteroatoms. The highest BCUT2D eigenvalue weighted by atomic mass is 16.5. The Bertz CT molecular complexity index is 370. The fraction of sp³-hybridized carbons (Fsp3) is 0. The van der Waals surface area contributed by atoms with E-state index < -0.39 is 0 Å². The Kier molecular flexibility index (Phi) is 1.19. The summed E-state index contributed by atoms with van der Waals surface area (Å²) in [5.74, 6) is 0.215. The minimum absolute atomic E-state index is 0.215. The predicted molar refractivity (Wildman–Crippen MR) is 38.7 cm³/mol. The van der Waals surface area contributed by atoms with E-state index in [1.807, 2.05) is 0 Å². The van der Waals surface area contributed by atoms with Gasteiger partial charge in [-0.1, -0.05) is 0 Å². The molecule has 0 unspecified atom stereocenters. The highest BCUT2D eigenvalue weighted by Crippen LogP contribution is 2.12. The molecule has 2 N–H and O–H groups in total. The number of fused-ring (bicyclic) bond motifs is 1. The van der Waals surface area contributed by atoms with E-state index in [2.05, 4.69) is 19.9 Å². The first-order chi connectivity index (χ1) is 5.42. The van der Waals surface area contributed by atoms with Crippen molar-refractivity contribution in [2.45, 2.75) is 0 Å². The number of aromatic nitrogens is 4. The second-order valence-corrected chi connectivity index (χ2v) is 1.93. The zero-order valence-corrected chi connectivity index (χ0v) is 5.40. The lowest BCUT2D eigenvalue weighted by molar-refractivity contribution is 1.20. The molecular formula is C5H4N5O-. The van der Waals surface area contributed by atoms with E-state index in [9.17, 15) is 5.21 Å². The van der Waals surface area contributed by atoms with Crippen LogP contribution in [-0.2, 0) is 0 Å². The summed E-state index contributed by atoms with van der Waals surface area (Å²) < 4.78 is 0. The summed E-state index contributed by atoms with van der Waals surface area (Å²) in [6.45, 7) is 0. The maximum Gasteiger partial charge on any atom is 0.182 e. The molecule has 6 nitrogen and oxygen atoms in total. The summed E-state index contributed by atoms with van der Waals surface area (Å²) >= 11 is 0. The topological polar surface area (TPSA) is 89.5 Å². The molecule has 0 aliphatic carbocycles. The molecule has 0 spiro atoms. The number of nitrogens with one attached hydrogen (secondary N) is 2. The molecule has 0 radical (unpaired) electrons. The van der Waals surface area contributed by atoms with Crippen molar-refractivity contribution >= 4 is 17.0 Å². The monoisotopic (exact) mass is 150 g/mol. The second-order valence-electron chi connectivity index (χ2n) is 1.93. The highest BCUT2D eigenvalue weighted by molar-refractivity contribution is 5.81. The van der Waals surface area contributed by atoms with Crippen LogP contribution in [0.3, 0.4) is 0 Å². The number of hydrogen-bond acceptors (Lipinski definition) is 5. The SMILES string of the molecule is [O-]Nc1ncnc2nc[nH]c12. The summed E-state index contributed by atoms with van der Waals surface area (Å²) in [4.78, 5) is 14.1. The maximum absolute atomic E-state index is 10.3. The zero-order valence-electron chi connectivity index (χ0n) is 5.40. The molecule has 0 aromatic carbocycles. The minimum atomic E-state index is 0.215. The Morgan fingerprint density at radius 2 is 2.27 bits per heavy atom. The van der Waals surface area contributed by atoms with Gasteiger partial charge in [0.2, 0.25) is 0 Å². The number of H-pyrrole nitrogens is 1. The number of anilines is 1. The lowest BCUT2D eigenvalue weighted by atomic mass is 10.5. The second kappa shape index (κ2) is 2.17. The number of aromatic amines is 1. The Balaban J connectivity index is 2.79. The van der Waals surface area contributed by atoms with Crippen LogP contribution >= 0.6 is 0 Å². The molecule has 0 atom stereocenters. The van der Waals surface area contributed by atoms with E-state index in [1.54, 1.807) is 5.48 Å². The quantitative estimate of drug-likeness (QED) is 0.569. The van der Waals surface area contributed by atoms with Crippen LogP contribution in [0.25, 0.3) is 11.2 Å². The van der Waals surface area contributed by atoms with Gasteiger partial charge in [0.1, 0.15) is 17.7 Å². The third kappa shape index (κ3) is 0.802. The molecule has 2 aromatic rings. The number of rotatable bonds is 1. The van der Waals surface area contributed by atoms with Gasteiger partial charge in [0, 0.05) is 0 Å². The van der Waals surface area contributed by atoms with Crippen molar-refractivity contribution in [1.82, 2.24) is 19.9 Å². The molecule has 0 bridgehead atoms. The maximum atomic E-state index is 10.3. The van der Waals surface area contributed by atoms with Gasteiger partial charge < -0.3 is 15.7 Å². The lowest BCUT2D eigenvalue weighted by Gasteiger charge is -2.06. The minimum Gasteiger partial charge on any atom is -0.760 e. The molecule has 0 fully saturated rings. The molecule has 0 aliphatic heterocycles. The van der Waals surface area contributed by atoms with E-state index in [-0.39, 0.29) is 5.82 Å². The smallest absolute Gasteiger partial charge is 0.182 e. The van der Waals surface area contributed by atoms with Crippen molar-refractivity contribution in [3.63, 3.8) is 0 Å². The molecule has 56 valence electrons. The average Bonchev–Trinajstić information content (AvgIpc) is 2.50. The molecule has 0 amide bonds. The van der Waals surface area contributed by atoms with Crippen LogP contribution in [0.2, 0.25) is 0 Å². The van der Waals surface area contributed by atoms with Crippen LogP contribution in [0.4, 0.5) is 5.82 Å². The van der Waals surface area contributed by atoms with Crippen molar-refractivity contribution in [2.75, 3.05) is 5.48 Å². The molecular weight excluding hydrogens is 146 g/mol. The zero-order chi connectivity index (χ0) is 7.68. The van der Waals surface area contributed by atoms with Crippen LogP contribution in [-0.4, -0.2) is 19.9 Å². The van der Waals surface area contributed by atoms with Crippen LogP contribution in [0.15, 0.2) is 12.7 Å². The fourth-order valence-corrected chi connectivity index (χ4v) is 0.842. The number of nitrogens with zero attached hydrogens (tertiary/aromatic N) is 3. The van der Waals surface area contributed by atoms with E-state index >= 15 is 0 Å². The Morgan fingerprint density at radius 1 is 1.36 bits per heavy atom. The molecule has 0 aliphatic rings. The summed E-state index contributed by atoms with van der Waals surface area (Å²) in [5.41, 5.74) is 2.70.